The van der Waals surface area contributed by atoms with Crippen molar-refractivity contribution in [3.63, 3.8) is 0 Å². The third-order valence-corrected chi connectivity index (χ3v) is 2.32. The highest BCUT2D eigenvalue weighted by atomic mass is 19.1. The Bertz CT molecular complexity index is 105. The van der Waals surface area contributed by atoms with E-state index in [-0.39, 0.29) is 6.61 Å². The summed E-state index contributed by atoms with van der Waals surface area (Å²) in [6, 6.07) is 0. The van der Waals surface area contributed by atoms with Crippen molar-refractivity contribution in [2.24, 2.45) is 5.41 Å². The Kier molecular flexibility index (Phi) is 1.75. The molecule has 1 saturated carbocycles. The van der Waals surface area contributed by atoms with Crippen LogP contribution in [-0.2, 0) is 0 Å². The van der Waals surface area contributed by atoms with Crippen LogP contribution in [-0.4, -0.2) is 17.9 Å². The van der Waals surface area contributed by atoms with Crippen molar-refractivity contribution in [3.05, 3.63) is 0 Å². The first kappa shape index (κ1) is 7.00. The molecule has 2 unspecified atom stereocenters. The molecule has 0 aromatic rings. The molecule has 1 fully saturated rings. The Labute approximate surface area is 54.9 Å². The number of rotatable bonds is 1. The summed E-state index contributed by atoms with van der Waals surface area (Å²) in [6.45, 7) is 1.80. The van der Waals surface area contributed by atoms with Crippen LogP contribution >= 0.6 is 0 Å². The van der Waals surface area contributed by atoms with Crippen molar-refractivity contribution in [1.29, 1.82) is 0 Å². The third-order valence-electron chi connectivity index (χ3n) is 2.32. The minimum atomic E-state index is -0.775. The number of halogens is 1. The largest absolute Gasteiger partial charge is 0.396 e. The van der Waals surface area contributed by atoms with E-state index in [9.17, 15) is 4.39 Å². The minimum Gasteiger partial charge on any atom is -0.396 e. The van der Waals surface area contributed by atoms with Gasteiger partial charge in [-0.15, -0.1) is 0 Å². The van der Waals surface area contributed by atoms with E-state index in [4.69, 9.17) is 5.11 Å². The van der Waals surface area contributed by atoms with Gasteiger partial charge in [-0.05, 0) is 19.3 Å². The van der Waals surface area contributed by atoms with Crippen molar-refractivity contribution >= 4 is 0 Å². The molecule has 2 heteroatoms. The summed E-state index contributed by atoms with van der Waals surface area (Å²) in [7, 11) is 0. The number of aliphatic hydroxyl groups excluding tert-OH is 1. The first-order chi connectivity index (χ1) is 4.19. The van der Waals surface area contributed by atoms with Gasteiger partial charge in [0.1, 0.15) is 6.17 Å². The quantitative estimate of drug-likeness (QED) is 0.573. The van der Waals surface area contributed by atoms with E-state index in [2.05, 4.69) is 0 Å². The summed E-state index contributed by atoms with van der Waals surface area (Å²) in [5.74, 6) is 0. The van der Waals surface area contributed by atoms with Gasteiger partial charge in [-0.25, -0.2) is 4.39 Å². The van der Waals surface area contributed by atoms with Crippen LogP contribution in [0.4, 0.5) is 4.39 Å². The van der Waals surface area contributed by atoms with Crippen LogP contribution in [0.1, 0.15) is 26.2 Å². The molecule has 0 bridgehead atoms. The van der Waals surface area contributed by atoms with E-state index in [1.165, 1.54) is 0 Å². The van der Waals surface area contributed by atoms with Crippen LogP contribution in [0.2, 0.25) is 0 Å². The topological polar surface area (TPSA) is 20.2 Å². The molecule has 1 aliphatic rings. The lowest BCUT2D eigenvalue weighted by Gasteiger charge is -2.22. The fourth-order valence-corrected chi connectivity index (χ4v) is 1.37. The molecule has 9 heavy (non-hydrogen) atoms. The van der Waals surface area contributed by atoms with E-state index in [1.807, 2.05) is 6.92 Å². The first-order valence-corrected chi connectivity index (χ1v) is 3.44. The number of hydrogen-bond donors (Lipinski definition) is 1. The number of hydrogen-bond acceptors (Lipinski definition) is 1. The summed E-state index contributed by atoms with van der Waals surface area (Å²) in [5, 5.41) is 8.76. The summed E-state index contributed by atoms with van der Waals surface area (Å²) >= 11 is 0. The van der Waals surface area contributed by atoms with E-state index in [0.29, 0.717) is 6.42 Å². The average molecular weight is 132 g/mol. The maximum Gasteiger partial charge on any atom is 0.108 e. The molecule has 0 radical (unpaired) electrons. The molecule has 1 nitrogen and oxygen atoms in total. The molecule has 0 aromatic heterocycles. The molecule has 2 atom stereocenters. The second-order valence-electron chi connectivity index (χ2n) is 3.17. The molecule has 0 aliphatic heterocycles. The Balaban J connectivity index is 2.56. The highest BCUT2D eigenvalue weighted by Gasteiger charge is 2.38. The lowest BCUT2D eigenvalue weighted by molar-refractivity contribution is 0.0761. The molecule has 0 amide bonds. The molecule has 1 aliphatic carbocycles. The number of alkyl halides is 1. The fourth-order valence-electron chi connectivity index (χ4n) is 1.37. The molecular weight excluding hydrogens is 119 g/mol. The lowest BCUT2D eigenvalue weighted by atomic mass is 9.89. The summed E-state index contributed by atoms with van der Waals surface area (Å²) in [4.78, 5) is 0. The Hall–Kier alpha value is -0.110. The van der Waals surface area contributed by atoms with Crippen LogP contribution in [0.25, 0.3) is 0 Å². The van der Waals surface area contributed by atoms with Gasteiger partial charge >= 0.3 is 0 Å². The van der Waals surface area contributed by atoms with E-state index < -0.39 is 11.6 Å². The molecule has 0 heterocycles. The summed E-state index contributed by atoms with van der Waals surface area (Å²) in [6.07, 6.45) is 1.63. The SMILES string of the molecule is CC1(CO)CCCC1F. The summed E-state index contributed by atoms with van der Waals surface area (Å²) in [5.41, 5.74) is -0.417. The van der Waals surface area contributed by atoms with Crippen molar-refractivity contribution in [1.82, 2.24) is 0 Å². The van der Waals surface area contributed by atoms with E-state index >= 15 is 0 Å². The van der Waals surface area contributed by atoms with Gasteiger partial charge in [0.2, 0.25) is 0 Å². The van der Waals surface area contributed by atoms with Gasteiger partial charge in [0.05, 0.1) is 6.61 Å². The Morgan fingerprint density at radius 1 is 1.78 bits per heavy atom. The Morgan fingerprint density at radius 2 is 2.44 bits per heavy atom. The maximum absolute atomic E-state index is 12.8. The smallest absolute Gasteiger partial charge is 0.108 e. The molecule has 0 saturated heterocycles. The highest BCUT2D eigenvalue weighted by Crippen LogP contribution is 2.39. The zero-order valence-electron chi connectivity index (χ0n) is 5.73. The standard InChI is InChI=1S/C7H13FO/c1-7(5-9)4-2-3-6(7)8/h6,9H,2-5H2,1H3. The Morgan fingerprint density at radius 3 is 2.67 bits per heavy atom. The van der Waals surface area contributed by atoms with Crippen molar-refractivity contribution < 1.29 is 9.50 Å². The van der Waals surface area contributed by atoms with Crippen LogP contribution in [0.5, 0.6) is 0 Å². The van der Waals surface area contributed by atoms with Crippen LogP contribution in [0.15, 0.2) is 0 Å². The third kappa shape index (κ3) is 1.08. The van der Waals surface area contributed by atoms with Gasteiger partial charge in [-0.1, -0.05) is 6.92 Å². The van der Waals surface area contributed by atoms with E-state index in [1.54, 1.807) is 0 Å². The molecule has 1 N–H and O–H groups in total. The highest BCUT2D eigenvalue weighted by molar-refractivity contribution is 4.87. The van der Waals surface area contributed by atoms with Crippen molar-refractivity contribution in [3.8, 4) is 0 Å². The van der Waals surface area contributed by atoms with Gasteiger partial charge in [0.25, 0.3) is 0 Å². The molecule has 0 spiro atoms. The van der Waals surface area contributed by atoms with Gasteiger partial charge in [-0.3, -0.25) is 0 Å². The zero-order chi connectivity index (χ0) is 6.91. The van der Waals surface area contributed by atoms with Gasteiger partial charge in [-0.2, -0.15) is 0 Å². The lowest BCUT2D eigenvalue weighted by Crippen LogP contribution is -2.26. The van der Waals surface area contributed by atoms with Gasteiger partial charge < -0.3 is 5.11 Å². The number of aliphatic hydroxyl groups is 1. The predicted molar refractivity (Wildman–Crippen MR) is 33.9 cm³/mol. The molecular formula is C7H13FO. The molecule has 0 aromatic carbocycles. The summed E-state index contributed by atoms with van der Waals surface area (Å²) < 4.78 is 12.8. The van der Waals surface area contributed by atoms with Gasteiger partial charge in [0, 0.05) is 5.41 Å². The van der Waals surface area contributed by atoms with E-state index in [0.717, 1.165) is 12.8 Å². The monoisotopic (exact) mass is 132 g/mol. The van der Waals surface area contributed by atoms with Crippen LogP contribution < -0.4 is 0 Å². The molecule has 54 valence electrons. The second-order valence-corrected chi connectivity index (χ2v) is 3.17. The first-order valence-electron chi connectivity index (χ1n) is 3.44. The molecule has 1 rings (SSSR count). The normalized spacial score (nSPS) is 43.7. The predicted octanol–water partition coefficient (Wildman–Crippen LogP) is 1.51. The van der Waals surface area contributed by atoms with Gasteiger partial charge in [0.15, 0.2) is 0 Å². The maximum atomic E-state index is 12.8. The van der Waals surface area contributed by atoms with Crippen molar-refractivity contribution in [2.45, 2.75) is 32.4 Å². The van der Waals surface area contributed by atoms with Crippen LogP contribution in [0, 0.1) is 5.41 Å². The van der Waals surface area contributed by atoms with Crippen LogP contribution in [0.3, 0.4) is 0 Å². The zero-order valence-corrected chi connectivity index (χ0v) is 5.73. The average Bonchev–Trinajstić information content (AvgIpc) is 2.15. The van der Waals surface area contributed by atoms with Crippen molar-refractivity contribution in [2.75, 3.05) is 6.61 Å². The fraction of sp³-hybridized carbons (Fsp3) is 1.00. The minimum absolute atomic E-state index is 0.00579. The second kappa shape index (κ2) is 2.25.